The van der Waals surface area contributed by atoms with Gasteiger partial charge in [-0.3, -0.25) is 4.79 Å². The molecule has 1 unspecified atom stereocenters. The van der Waals surface area contributed by atoms with E-state index >= 15 is 0 Å². The van der Waals surface area contributed by atoms with Gasteiger partial charge in [0, 0.05) is 29.1 Å². The summed E-state index contributed by atoms with van der Waals surface area (Å²) in [6, 6.07) is 8.40. The van der Waals surface area contributed by atoms with E-state index in [0.717, 1.165) is 34.9 Å². The molecule has 1 aliphatic heterocycles. The molecule has 1 saturated heterocycles. The Bertz CT molecular complexity index is 630. The number of carbonyl (C=O) groups is 1. The smallest absolute Gasteiger partial charge is 0.224 e. The highest BCUT2D eigenvalue weighted by molar-refractivity contribution is 7.09. The summed E-state index contributed by atoms with van der Waals surface area (Å²) in [5.74, 6) is 0.0888. The van der Waals surface area contributed by atoms with Gasteiger partial charge in [0.1, 0.15) is 0 Å². The molecule has 1 aromatic carbocycles. The maximum atomic E-state index is 12.0. The van der Waals surface area contributed by atoms with E-state index in [9.17, 15) is 4.79 Å². The number of rotatable bonds is 5. The van der Waals surface area contributed by atoms with Crippen LogP contribution < -0.4 is 10.6 Å². The monoisotopic (exact) mass is 315 g/mol. The number of benzene rings is 1. The standard InChI is InChI=1S/C17H21N3OS/c1-12-19-16(11-22-12)13-4-6-15(7-5-13)20-17(21)9-8-14-3-2-10-18-14/h4-7,11,14,18H,2-3,8-10H2,1H3,(H,20,21). The van der Waals surface area contributed by atoms with Crippen LogP contribution in [0.4, 0.5) is 5.69 Å². The van der Waals surface area contributed by atoms with Crippen LogP contribution in [0.5, 0.6) is 0 Å². The molecule has 116 valence electrons. The predicted octanol–water partition coefficient (Wildman–Crippen LogP) is 3.59. The molecule has 4 nitrogen and oxygen atoms in total. The number of aromatic nitrogens is 1. The highest BCUT2D eigenvalue weighted by atomic mass is 32.1. The molecule has 1 aromatic heterocycles. The number of nitrogens with one attached hydrogen (secondary N) is 2. The van der Waals surface area contributed by atoms with Crippen molar-refractivity contribution in [1.29, 1.82) is 0 Å². The lowest BCUT2D eigenvalue weighted by atomic mass is 10.1. The minimum atomic E-state index is 0.0888. The highest BCUT2D eigenvalue weighted by Crippen LogP contribution is 2.23. The van der Waals surface area contributed by atoms with Crippen molar-refractivity contribution in [3.63, 3.8) is 0 Å². The van der Waals surface area contributed by atoms with Crippen LogP contribution in [0.2, 0.25) is 0 Å². The minimum Gasteiger partial charge on any atom is -0.326 e. The average molecular weight is 315 g/mol. The topological polar surface area (TPSA) is 54.0 Å². The first-order valence-electron chi connectivity index (χ1n) is 7.76. The minimum absolute atomic E-state index is 0.0888. The van der Waals surface area contributed by atoms with E-state index in [0.29, 0.717) is 12.5 Å². The maximum absolute atomic E-state index is 12.0. The molecule has 0 saturated carbocycles. The van der Waals surface area contributed by atoms with Gasteiger partial charge >= 0.3 is 0 Å². The Hall–Kier alpha value is -1.72. The van der Waals surface area contributed by atoms with Crippen molar-refractivity contribution in [3.05, 3.63) is 34.7 Å². The number of carbonyl (C=O) groups excluding carboxylic acids is 1. The zero-order chi connectivity index (χ0) is 15.4. The normalized spacial score (nSPS) is 17.6. The first-order chi connectivity index (χ1) is 10.7. The number of aryl methyl sites for hydroxylation is 1. The quantitative estimate of drug-likeness (QED) is 0.886. The van der Waals surface area contributed by atoms with E-state index in [1.807, 2.05) is 31.2 Å². The van der Waals surface area contributed by atoms with Crippen molar-refractivity contribution < 1.29 is 4.79 Å². The van der Waals surface area contributed by atoms with Crippen LogP contribution in [0.1, 0.15) is 30.7 Å². The molecule has 1 fully saturated rings. The van der Waals surface area contributed by atoms with Crippen molar-refractivity contribution >= 4 is 22.9 Å². The van der Waals surface area contributed by atoms with Gasteiger partial charge in [-0.2, -0.15) is 0 Å². The summed E-state index contributed by atoms with van der Waals surface area (Å²) in [4.78, 5) is 16.4. The molecule has 2 N–H and O–H groups in total. The molecule has 1 aliphatic rings. The molecular formula is C17H21N3OS. The van der Waals surface area contributed by atoms with E-state index in [1.165, 1.54) is 12.8 Å². The Morgan fingerprint density at radius 1 is 1.41 bits per heavy atom. The summed E-state index contributed by atoms with van der Waals surface area (Å²) in [6.45, 7) is 3.09. The summed E-state index contributed by atoms with van der Waals surface area (Å²) in [7, 11) is 0. The van der Waals surface area contributed by atoms with Gasteiger partial charge in [-0.05, 0) is 44.9 Å². The molecule has 0 radical (unpaired) electrons. The molecule has 0 spiro atoms. The van der Waals surface area contributed by atoms with Crippen LogP contribution >= 0.6 is 11.3 Å². The number of hydrogen-bond acceptors (Lipinski definition) is 4. The van der Waals surface area contributed by atoms with Gasteiger partial charge < -0.3 is 10.6 Å². The third-order valence-electron chi connectivity index (χ3n) is 3.97. The lowest BCUT2D eigenvalue weighted by molar-refractivity contribution is -0.116. The van der Waals surface area contributed by atoms with Gasteiger partial charge in [0.05, 0.1) is 10.7 Å². The third kappa shape index (κ3) is 3.93. The number of anilines is 1. The van der Waals surface area contributed by atoms with Crippen LogP contribution in [0.3, 0.4) is 0 Å². The first-order valence-corrected chi connectivity index (χ1v) is 8.64. The van der Waals surface area contributed by atoms with Crippen LogP contribution in [0.15, 0.2) is 29.6 Å². The Kier molecular flexibility index (Phi) is 4.85. The van der Waals surface area contributed by atoms with E-state index in [4.69, 9.17) is 0 Å². The SMILES string of the molecule is Cc1nc(-c2ccc(NC(=O)CCC3CCCN3)cc2)cs1. The summed E-state index contributed by atoms with van der Waals surface area (Å²) < 4.78 is 0. The highest BCUT2D eigenvalue weighted by Gasteiger charge is 2.15. The number of nitrogens with zero attached hydrogens (tertiary/aromatic N) is 1. The van der Waals surface area contributed by atoms with Gasteiger partial charge in [-0.25, -0.2) is 4.98 Å². The average Bonchev–Trinajstić information content (AvgIpc) is 3.17. The molecule has 5 heteroatoms. The molecule has 3 rings (SSSR count). The Balaban J connectivity index is 1.53. The summed E-state index contributed by atoms with van der Waals surface area (Å²) >= 11 is 1.65. The molecule has 22 heavy (non-hydrogen) atoms. The summed E-state index contributed by atoms with van der Waals surface area (Å²) in [6.07, 6.45) is 3.91. The zero-order valence-corrected chi connectivity index (χ0v) is 13.6. The van der Waals surface area contributed by atoms with E-state index in [1.54, 1.807) is 11.3 Å². The third-order valence-corrected chi connectivity index (χ3v) is 4.74. The van der Waals surface area contributed by atoms with Gasteiger partial charge in [0.15, 0.2) is 0 Å². The summed E-state index contributed by atoms with van der Waals surface area (Å²) in [5.41, 5.74) is 2.92. The van der Waals surface area contributed by atoms with Gasteiger partial charge in [-0.1, -0.05) is 12.1 Å². The number of thiazole rings is 1. The molecular weight excluding hydrogens is 294 g/mol. The second-order valence-corrected chi connectivity index (χ2v) is 6.77. The van der Waals surface area contributed by atoms with E-state index in [-0.39, 0.29) is 5.91 Å². The largest absolute Gasteiger partial charge is 0.326 e. The first kappa shape index (κ1) is 15.2. The van der Waals surface area contributed by atoms with E-state index < -0.39 is 0 Å². The second-order valence-electron chi connectivity index (χ2n) is 5.71. The summed E-state index contributed by atoms with van der Waals surface area (Å²) in [5, 5.41) is 9.50. The molecule has 1 amide bonds. The van der Waals surface area contributed by atoms with Crippen molar-refractivity contribution in [3.8, 4) is 11.3 Å². The fourth-order valence-electron chi connectivity index (χ4n) is 2.75. The van der Waals surface area contributed by atoms with Crippen LogP contribution in [-0.4, -0.2) is 23.5 Å². The van der Waals surface area contributed by atoms with Crippen molar-refractivity contribution in [2.24, 2.45) is 0 Å². The second kappa shape index (κ2) is 7.03. The Morgan fingerprint density at radius 2 is 2.23 bits per heavy atom. The van der Waals surface area contributed by atoms with Gasteiger partial charge in [0.2, 0.25) is 5.91 Å². The lowest BCUT2D eigenvalue weighted by Crippen LogP contribution is -2.23. The predicted molar refractivity (Wildman–Crippen MR) is 91.2 cm³/mol. The molecule has 2 heterocycles. The van der Waals surface area contributed by atoms with Crippen molar-refractivity contribution in [2.45, 2.75) is 38.6 Å². The van der Waals surface area contributed by atoms with Crippen molar-refractivity contribution in [1.82, 2.24) is 10.3 Å². The Morgan fingerprint density at radius 3 is 2.86 bits per heavy atom. The van der Waals surface area contributed by atoms with Gasteiger partial charge in [-0.15, -0.1) is 11.3 Å². The molecule has 1 atom stereocenters. The van der Waals surface area contributed by atoms with Crippen LogP contribution in [-0.2, 0) is 4.79 Å². The number of hydrogen-bond donors (Lipinski definition) is 2. The number of amides is 1. The lowest BCUT2D eigenvalue weighted by Gasteiger charge is -2.10. The molecule has 0 aliphatic carbocycles. The fraction of sp³-hybridized carbons (Fsp3) is 0.412. The van der Waals surface area contributed by atoms with Crippen LogP contribution in [0.25, 0.3) is 11.3 Å². The fourth-order valence-corrected chi connectivity index (χ4v) is 3.37. The Labute approximate surface area is 135 Å². The molecule has 2 aromatic rings. The van der Waals surface area contributed by atoms with Crippen LogP contribution in [0, 0.1) is 6.92 Å². The van der Waals surface area contributed by atoms with Gasteiger partial charge in [0.25, 0.3) is 0 Å². The van der Waals surface area contributed by atoms with Crippen molar-refractivity contribution in [2.75, 3.05) is 11.9 Å². The zero-order valence-electron chi connectivity index (χ0n) is 12.8. The maximum Gasteiger partial charge on any atom is 0.224 e. The molecule has 0 bridgehead atoms. The van der Waals surface area contributed by atoms with E-state index in [2.05, 4.69) is 21.0 Å².